The number of nitrogens with zero attached hydrogens (tertiary/aromatic N) is 4. The Morgan fingerprint density at radius 2 is 1.75 bits per heavy atom. The van der Waals surface area contributed by atoms with Gasteiger partial charge in [-0.2, -0.15) is 0 Å². The maximum absolute atomic E-state index is 13.0. The third-order valence-electron chi connectivity index (χ3n) is 6.77. The Morgan fingerprint density at radius 1 is 1.09 bits per heavy atom. The fourth-order valence-electron chi connectivity index (χ4n) is 4.53. The molecule has 0 aliphatic heterocycles. The first-order valence-electron chi connectivity index (χ1n) is 11.5. The zero-order valence-electron chi connectivity index (χ0n) is 20.1. The molecule has 170 valence electrons. The minimum atomic E-state index is 0.118. The molecule has 3 aromatic rings. The Kier molecular flexibility index (Phi) is 6.35. The van der Waals surface area contributed by atoms with Crippen molar-refractivity contribution in [3.05, 3.63) is 52.8 Å². The minimum absolute atomic E-state index is 0.118. The van der Waals surface area contributed by atoms with E-state index in [0.29, 0.717) is 11.8 Å². The van der Waals surface area contributed by atoms with Crippen LogP contribution < -0.4 is 0 Å². The monoisotopic (exact) mass is 450 g/mol. The van der Waals surface area contributed by atoms with Crippen molar-refractivity contribution >= 4 is 17.5 Å². The number of aromatic nitrogens is 4. The van der Waals surface area contributed by atoms with Crippen molar-refractivity contribution in [2.45, 2.75) is 76.9 Å². The maximum atomic E-state index is 13.0. The van der Waals surface area contributed by atoms with Gasteiger partial charge in [0.1, 0.15) is 0 Å². The fraction of sp³-hybridized carbons (Fsp3) is 0.500. The highest BCUT2D eigenvalue weighted by molar-refractivity contribution is 7.99. The quantitative estimate of drug-likeness (QED) is 0.327. The van der Waals surface area contributed by atoms with E-state index < -0.39 is 0 Å². The number of carbonyl (C=O) groups is 1. The molecule has 1 aliphatic rings. The molecule has 0 N–H and O–H groups in total. The first kappa shape index (κ1) is 22.8. The van der Waals surface area contributed by atoms with Crippen LogP contribution >= 0.6 is 11.8 Å². The summed E-state index contributed by atoms with van der Waals surface area (Å²) < 4.78 is 4.36. The summed E-state index contributed by atoms with van der Waals surface area (Å²) in [6.07, 6.45) is 4.75. The lowest BCUT2D eigenvalue weighted by molar-refractivity contribution is 0.102. The molecule has 1 aromatic carbocycles. The number of thioether (sulfide) groups is 1. The molecule has 1 saturated carbocycles. The molecule has 4 rings (SSSR count). The molecule has 32 heavy (non-hydrogen) atoms. The minimum Gasteiger partial charge on any atom is -0.351 e. The second-order valence-electron chi connectivity index (χ2n) is 10.00. The summed E-state index contributed by atoms with van der Waals surface area (Å²) in [7, 11) is 2.00. The van der Waals surface area contributed by atoms with Crippen LogP contribution in [0.2, 0.25) is 0 Å². The highest BCUT2D eigenvalue weighted by Gasteiger charge is 2.26. The Balaban J connectivity index is 1.61. The van der Waals surface area contributed by atoms with E-state index in [2.05, 4.69) is 64.4 Å². The number of hydrogen-bond donors (Lipinski definition) is 0. The van der Waals surface area contributed by atoms with E-state index in [1.54, 1.807) is 0 Å². The van der Waals surface area contributed by atoms with E-state index in [0.717, 1.165) is 46.3 Å². The average molecular weight is 451 g/mol. The van der Waals surface area contributed by atoms with Crippen LogP contribution in [0, 0.1) is 13.8 Å². The van der Waals surface area contributed by atoms with Crippen LogP contribution in [-0.4, -0.2) is 30.9 Å². The summed E-state index contributed by atoms with van der Waals surface area (Å²) >= 11 is 1.51. The van der Waals surface area contributed by atoms with Crippen LogP contribution in [0.25, 0.3) is 11.4 Å². The second-order valence-corrected chi connectivity index (χ2v) is 10.9. The van der Waals surface area contributed by atoms with Gasteiger partial charge in [0, 0.05) is 35.6 Å². The smallest absolute Gasteiger partial charge is 0.192 e. The first-order valence-corrected chi connectivity index (χ1v) is 12.5. The van der Waals surface area contributed by atoms with Crippen LogP contribution in [-0.2, 0) is 12.5 Å². The van der Waals surface area contributed by atoms with Gasteiger partial charge in [-0.3, -0.25) is 9.36 Å². The maximum Gasteiger partial charge on any atom is 0.192 e. The van der Waals surface area contributed by atoms with Crippen LogP contribution in [0.5, 0.6) is 0 Å². The van der Waals surface area contributed by atoms with E-state index >= 15 is 0 Å². The molecule has 1 fully saturated rings. The van der Waals surface area contributed by atoms with Crippen molar-refractivity contribution in [1.82, 2.24) is 19.3 Å². The molecular formula is C26H34N4OS. The Bertz CT molecular complexity index is 1110. The number of aryl methyl sites for hydroxylation is 1. The molecule has 1 aliphatic carbocycles. The number of benzene rings is 1. The number of ketones is 1. The van der Waals surface area contributed by atoms with Gasteiger partial charge in [0.2, 0.25) is 0 Å². The van der Waals surface area contributed by atoms with E-state index in [1.807, 2.05) is 27.0 Å². The molecule has 0 bridgehead atoms. The zero-order chi connectivity index (χ0) is 23.0. The second kappa shape index (κ2) is 8.89. The Hall–Kier alpha value is -2.34. The van der Waals surface area contributed by atoms with E-state index in [1.165, 1.54) is 30.2 Å². The molecule has 0 unspecified atom stereocenters. The van der Waals surface area contributed by atoms with Gasteiger partial charge < -0.3 is 4.57 Å². The molecule has 0 spiro atoms. The average Bonchev–Trinajstić information content (AvgIpc) is 3.48. The SMILES string of the molecule is Cc1cc(C(=O)CSc2nnc(-c3ccc(C(C)(C)C)cc3)n2C2CCCC2)c(C)n1C. The van der Waals surface area contributed by atoms with Crippen molar-refractivity contribution in [1.29, 1.82) is 0 Å². The van der Waals surface area contributed by atoms with Gasteiger partial charge in [0.15, 0.2) is 16.8 Å². The number of hydrogen-bond acceptors (Lipinski definition) is 4. The molecule has 2 aromatic heterocycles. The Morgan fingerprint density at radius 3 is 2.31 bits per heavy atom. The molecule has 2 heterocycles. The van der Waals surface area contributed by atoms with E-state index in [4.69, 9.17) is 0 Å². The normalized spacial score (nSPS) is 14.9. The molecular weight excluding hydrogens is 416 g/mol. The summed E-state index contributed by atoms with van der Waals surface area (Å²) in [4.78, 5) is 13.0. The predicted molar refractivity (Wildman–Crippen MR) is 132 cm³/mol. The van der Waals surface area contributed by atoms with Gasteiger partial charge in [0.05, 0.1) is 5.75 Å². The number of carbonyl (C=O) groups excluding carboxylic acids is 1. The van der Waals surface area contributed by atoms with Crippen molar-refractivity contribution in [2.24, 2.45) is 7.05 Å². The van der Waals surface area contributed by atoms with Gasteiger partial charge in [-0.05, 0) is 43.7 Å². The van der Waals surface area contributed by atoms with Crippen molar-refractivity contribution < 1.29 is 4.79 Å². The summed E-state index contributed by atoms with van der Waals surface area (Å²) in [5.41, 5.74) is 5.44. The summed E-state index contributed by atoms with van der Waals surface area (Å²) in [5.74, 6) is 1.44. The van der Waals surface area contributed by atoms with Crippen molar-refractivity contribution in [3.8, 4) is 11.4 Å². The predicted octanol–water partition coefficient (Wildman–Crippen LogP) is 6.29. The van der Waals surface area contributed by atoms with Crippen LogP contribution in [0.15, 0.2) is 35.5 Å². The fourth-order valence-corrected chi connectivity index (χ4v) is 5.42. The number of Topliss-reactive ketones (excluding diaryl/α,β-unsaturated/α-hetero) is 1. The molecule has 0 saturated heterocycles. The highest BCUT2D eigenvalue weighted by Crippen LogP contribution is 2.37. The van der Waals surface area contributed by atoms with E-state index in [9.17, 15) is 4.79 Å². The third kappa shape index (κ3) is 4.42. The van der Waals surface area contributed by atoms with Crippen LogP contribution in [0.1, 0.15) is 79.8 Å². The lowest BCUT2D eigenvalue weighted by Gasteiger charge is -2.20. The molecule has 0 atom stereocenters. The lowest BCUT2D eigenvalue weighted by Crippen LogP contribution is -2.12. The topological polar surface area (TPSA) is 52.7 Å². The largest absolute Gasteiger partial charge is 0.351 e. The standard InChI is InChI=1S/C26H34N4OS/c1-17-15-22(18(2)29(17)6)23(31)16-32-25-28-27-24(30(25)21-9-7-8-10-21)19-11-13-20(14-12-19)26(3,4)5/h11-15,21H,7-10,16H2,1-6H3. The van der Waals surface area contributed by atoms with Gasteiger partial charge >= 0.3 is 0 Å². The zero-order valence-corrected chi connectivity index (χ0v) is 20.9. The first-order chi connectivity index (χ1) is 15.2. The Labute approximate surface area is 195 Å². The highest BCUT2D eigenvalue weighted by atomic mass is 32.2. The summed E-state index contributed by atoms with van der Waals surface area (Å²) in [6.45, 7) is 10.7. The molecule has 0 radical (unpaired) electrons. The third-order valence-corrected chi connectivity index (χ3v) is 7.71. The lowest BCUT2D eigenvalue weighted by atomic mass is 9.86. The van der Waals surface area contributed by atoms with Crippen molar-refractivity contribution in [2.75, 3.05) is 5.75 Å². The van der Waals surface area contributed by atoms with Crippen LogP contribution in [0.3, 0.4) is 0 Å². The molecule has 0 amide bonds. The van der Waals surface area contributed by atoms with Gasteiger partial charge in [-0.15, -0.1) is 10.2 Å². The van der Waals surface area contributed by atoms with E-state index in [-0.39, 0.29) is 11.2 Å². The molecule has 6 heteroatoms. The van der Waals surface area contributed by atoms with Crippen LogP contribution in [0.4, 0.5) is 0 Å². The van der Waals surface area contributed by atoms with Gasteiger partial charge in [0.25, 0.3) is 0 Å². The summed E-state index contributed by atoms with van der Waals surface area (Å²) in [6, 6.07) is 11.1. The number of rotatable bonds is 6. The van der Waals surface area contributed by atoms with Gasteiger partial charge in [-0.25, -0.2) is 0 Å². The van der Waals surface area contributed by atoms with Crippen molar-refractivity contribution in [3.63, 3.8) is 0 Å². The summed E-state index contributed by atoms with van der Waals surface area (Å²) in [5, 5.41) is 9.98. The molecule has 5 nitrogen and oxygen atoms in total. The van der Waals surface area contributed by atoms with Gasteiger partial charge in [-0.1, -0.05) is 69.6 Å².